The molecule has 7 heteroatoms. The highest BCUT2D eigenvalue weighted by Gasteiger charge is 2.33. The summed E-state index contributed by atoms with van der Waals surface area (Å²) < 4.78 is 2.00. The third-order valence-electron chi connectivity index (χ3n) is 7.88. The van der Waals surface area contributed by atoms with Crippen molar-refractivity contribution in [2.24, 2.45) is 0 Å². The average molecular weight is 519 g/mol. The van der Waals surface area contributed by atoms with Crippen LogP contribution >= 0.6 is 0 Å². The van der Waals surface area contributed by atoms with E-state index in [4.69, 9.17) is 0 Å². The number of benzene rings is 3. The summed E-state index contributed by atoms with van der Waals surface area (Å²) >= 11 is 0. The highest BCUT2D eigenvalue weighted by Crippen LogP contribution is 2.34. The van der Waals surface area contributed by atoms with E-state index in [2.05, 4.69) is 86.9 Å². The topological polar surface area (TPSA) is 79.7 Å². The first-order valence-electron chi connectivity index (χ1n) is 13.9. The van der Waals surface area contributed by atoms with Crippen LogP contribution in [0.2, 0.25) is 0 Å². The first-order chi connectivity index (χ1) is 19.2. The van der Waals surface area contributed by atoms with Crippen molar-refractivity contribution in [3.63, 3.8) is 0 Å². The molecule has 6 rings (SSSR count). The Morgan fingerprint density at radius 3 is 2.41 bits per heavy atom. The number of pyridine rings is 1. The smallest absolute Gasteiger partial charge is 0.253 e. The maximum absolute atomic E-state index is 13.8. The minimum absolute atomic E-state index is 0.102. The fourth-order valence-electron chi connectivity index (χ4n) is 5.87. The Kier molecular flexibility index (Phi) is 7.32. The summed E-state index contributed by atoms with van der Waals surface area (Å²) in [5, 5.41) is 14.2. The lowest BCUT2D eigenvalue weighted by Crippen LogP contribution is -2.36. The average Bonchev–Trinajstić information content (AvgIpc) is 3.66. The number of rotatable bonds is 9. The third kappa shape index (κ3) is 5.54. The van der Waals surface area contributed by atoms with Gasteiger partial charge in [0, 0.05) is 24.2 Å². The largest absolute Gasteiger partial charge is 0.322 e. The number of hydrogen-bond acceptors (Lipinski definition) is 5. The summed E-state index contributed by atoms with van der Waals surface area (Å²) in [5.74, 6) is 0.739. The molecule has 39 heavy (non-hydrogen) atoms. The van der Waals surface area contributed by atoms with Crippen molar-refractivity contribution in [2.75, 3.05) is 6.54 Å². The van der Waals surface area contributed by atoms with Gasteiger partial charge in [-0.15, -0.1) is 5.10 Å². The van der Waals surface area contributed by atoms with Crippen LogP contribution in [-0.2, 0) is 13.0 Å². The molecule has 2 aromatic heterocycles. The van der Waals surface area contributed by atoms with Gasteiger partial charge in [0.1, 0.15) is 6.04 Å². The number of hydrogen-bond donors (Lipinski definition) is 1. The molecule has 1 unspecified atom stereocenters. The molecule has 0 saturated heterocycles. The normalized spacial score (nSPS) is 14.8. The van der Waals surface area contributed by atoms with Crippen LogP contribution < -0.4 is 5.56 Å². The Balaban J connectivity index is 1.50. The lowest BCUT2D eigenvalue weighted by atomic mass is 10.0. The summed E-state index contributed by atoms with van der Waals surface area (Å²) in [6.07, 6.45) is 5.31. The Labute approximate surface area is 228 Å². The summed E-state index contributed by atoms with van der Waals surface area (Å²) in [6.45, 7) is 3.48. The predicted molar refractivity (Wildman–Crippen MR) is 153 cm³/mol. The molecule has 0 spiro atoms. The van der Waals surface area contributed by atoms with Gasteiger partial charge in [-0.3, -0.25) is 9.69 Å². The van der Waals surface area contributed by atoms with Crippen molar-refractivity contribution < 1.29 is 0 Å². The van der Waals surface area contributed by atoms with E-state index in [0.29, 0.717) is 12.1 Å². The fourth-order valence-corrected chi connectivity index (χ4v) is 5.87. The van der Waals surface area contributed by atoms with E-state index in [-0.39, 0.29) is 11.6 Å². The van der Waals surface area contributed by atoms with Crippen molar-refractivity contribution in [3.05, 3.63) is 123 Å². The number of aromatic amines is 1. The molecule has 1 atom stereocenters. The molecule has 1 N–H and O–H groups in total. The van der Waals surface area contributed by atoms with Gasteiger partial charge in [0.05, 0.1) is 6.04 Å². The van der Waals surface area contributed by atoms with E-state index in [1.54, 1.807) is 0 Å². The summed E-state index contributed by atoms with van der Waals surface area (Å²) in [5.41, 5.74) is 5.00. The molecule has 7 nitrogen and oxygen atoms in total. The Hall–Kier alpha value is -4.10. The van der Waals surface area contributed by atoms with Crippen molar-refractivity contribution in [1.29, 1.82) is 0 Å². The van der Waals surface area contributed by atoms with Gasteiger partial charge < -0.3 is 4.98 Å². The molecular weight excluding hydrogens is 484 g/mol. The van der Waals surface area contributed by atoms with Gasteiger partial charge in [-0.05, 0) is 71.3 Å². The van der Waals surface area contributed by atoms with Gasteiger partial charge in [0.2, 0.25) is 0 Å². The summed E-state index contributed by atoms with van der Waals surface area (Å²) in [7, 11) is 0. The standard InChI is InChI=1S/C32H34N6O/c1-23-16-17-29-26(20-23)21-28(32(39)33-29)30(31-34-35-36-38(31)27-14-8-9-15-27)37(22-25-12-6-3-7-13-25)19-18-24-10-4-2-5-11-24/h2-7,10-13,16-17,20-21,27,30H,8-9,14-15,18-19,22H2,1H3,(H,33,39). The first kappa shape index (κ1) is 25.2. The zero-order chi connectivity index (χ0) is 26.6. The predicted octanol–water partition coefficient (Wildman–Crippen LogP) is 5.77. The van der Waals surface area contributed by atoms with E-state index < -0.39 is 6.04 Å². The molecule has 0 aliphatic heterocycles. The van der Waals surface area contributed by atoms with Gasteiger partial charge in [0.25, 0.3) is 5.56 Å². The van der Waals surface area contributed by atoms with E-state index in [9.17, 15) is 4.79 Å². The second-order valence-corrected chi connectivity index (χ2v) is 10.7. The number of aryl methyl sites for hydroxylation is 1. The van der Waals surface area contributed by atoms with E-state index in [1.807, 2.05) is 35.0 Å². The second kappa shape index (κ2) is 11.3. The maximum Gasteiger partial charge on any atom is 0.253 e. The summed E-state index contributed by atoms with van der Waals surface area (Å²) in [4.78, 5) is 19.3. The molecule has 198 valence electrons. The van der Waals surface area contributed by atoms with Gasteiger partial charge in [-0.25, -0.2) is 4.68 Å². The molecule has 2 heterocycles. The van der Waals surface area contributed by atoms with Crippen LogP contribution in [0, 0.1) is 6.92 Å². The van der Waals surface area contributed by atoms with Crippen molar-refractivity contribution in [2.45, 2.75) is 57.7 Å². The van der Waals surface area contributed by atoms with E-state index in [1.165, 1.54) is 24.0 Å². The minimum Gasteiger partial charge on any atom is -0.322 e. The second-order valence-electron chi connectivity index (χ2n) is 10.7. The maximum atomic E-state index is 13.8. The minimum atomic E-state index is -0.404. The third-order valence-corrected chi connectivity index (χ3v) is 7.88. The van der Waals surface area contributed by atoms with Gasteiger partial charge >= 0.3 is 0 Å². The van der Waals surface area contributed by atoms with Crippen molar-refractivity contribution >= 4 is 10.9 Å². The van der Waals surface area contributed by atoms with Gasteiger partial charge in [-0.1, -0.05) is 85.1 Å². The van der Waals surface area contributed by atoms with Crippen LogP contribution in [0.25, 0.3) is 10.9 Å². The van der Waals surface area contributed by atoms with Crippen LogP contribution in [-0.4, -0.2) is 36.6 Å². The quantitative estimate of drug-likeness (QED) is 0.268. The lowest BCUT2D eigenvalue weighted by molar-refractivity contribution is 0.201. The zero-order valence-electron chi connectivity index (χ0n) is 22.3. The fraction of sp³-hybridized carbons (Fsp3) is 0.312. The lowest BCUT2D eigenvalue weighted by Gasteiger charge is -2.32. The van der Waals surface area contributed by atoms with Crippen molar-refractivity contribution in [3.8, 4) is 0 Å². The Morgan fingerprint density at radius 2 is 1.67 bits per heavy atom. The molecule has 3 aromatic carbocycles. The number of fused-ring (bicyclic) bond motifs is 1. The van der Waals surface area contributed by atoms with Crippen LogP contribution in [0.15, 0.2) is 89.7 Å². The van der Waals surface area contributed by atoms with Crippen LogP contribution in [0.1, 0.15) is 65.8 Å². The zero-order valence-corrected chi connectivity index (χ0v) is 22.3. The van der Waals surface area contributed by atoms with Gasteiger partial charge in [-0.2, -0.15) is 0 Å². The molecule has 0 amide bonds. The highest BCUT2D eigenvalue weighted by molar-refractivity contribution is 5.79. The van der Waals surface area contributed by atoms with E-state index in [0.717, 1.165) is 48.1 Å². The van der Waals surface area contributed by atoms with Crippen LogP contribution in [0.5, 0.6) is 0 Å². The highest BCUT2D eigenvalue weighted by atomic mass is 16.1. The Morgan fingerprint density at radius 1 is 0.949 bits per heavy atom. The molecule has 1 aliphatic rings. The monoisotopic (exact) mass is 518 g/mol. The van der Waals surface area contributed by atoms with E-state index >= 15 is 0 Å². The van der Waals surface area contributed by atoms with Crippen LogP contribution in [0.4, 0.5) is 0 Å². The van der Waals surface area contributed by atoms with Gasteiger partial charge in [0.15, 0.2) is 5.82 Å². The number of tetrazole rings is 1. The first-order valence-corrected chi connectivity index (χ1v) is 13.9. The summed E-state index contributed by atoms with van der Waals surface area (Å²) in [6, 6.07) is 29.0. The Bertz CT molecular complexity index is 1590. The molecule has 1 aliphatic carbocycles. The molecule has 1 saturated carbocycles. The number of nitrogens with zero attached hydrogens (tertiary/aromatic N) is 5. The number of nitrogens with one attached hydrogen (secondary N) is 1. The molecular formula is C32H34N6O. The molecule has 0 bridgehead atoms. The van der Waals surface area contributed by atoms with Crippen LogP contribution in [0.3, 0.4) is 0 Å². The number of H-pyrrole nitrogens is 1. The molecule has 5 aromatic rings. The van der Waals surface area contributed by atoms with Crippen molar-refractivity contribution in [1.82, 2.24) is 30.1 Å². The number of aromatic nitrogens is 5. The molecule has 1 fully saturated rings. The SMILES string of the molecule is Cc1ccc2[nH]c(=O)c(C(c3nnnn3C3CCCC3)N(CCc3ccccc3)Cc3ccccc3)cc2c1. The molecule has 0 radical (unpaired) electrons.